The van der Waals surface area contributed by atoms with E-state index in [0.717, 1.165) is 66.5 Å². The van der Waals surface area contributed by atoms with Crippen molar-refractivity contribution in [2.45, 2.75) is 76.8 Å². The molecule has 8 heteroatoms. The Kier molecular flexibility index (Phi) is 8.14. The number of nitrogens with two attached hydrogens (primary N) is 1. The molecule has 0 bridgehead atoms. The second-order valence-corrected chi connectivity index (χ2v) is 12.3. The second-order valence-electron chi connectivity index (χ2n) is 11.5. The molecule has 2 aromatic heterocycles. The van der Waals surface area contributed by atoms with Crippen LogP contribution in [0.3, 0.4) is 0 Å². The predicted octanol–water partition coefficient (Wildman–Crippen LogP) is 6.21. The molecule has 3 aromatic rings. The molecule has 0 saturated heterocycles. The van der Waals surface area contributed by atoms with Crippen LogP contribution in [0.5, 0.6) is 0 Å². The average molecular weight is 546 g/mol. The van der Waals surface area contributed by atoms with Crippen LogP contribution in [0.4, 0.5) is 5.82 Å². The van der Waals surface area contributed by atoms with Gasteiger partial charge in [-0.1, -0.05) is 38.1 Å². The fourth-order valence-electron chi connectivity index (χ4n) is 6.33. The predicted molar refractivity (Wildman–Crippen MR) is 157 cm³/mol. The molecule has 39 heavy (non-hydrogen) atoms. The Hall–Kier alpha value is -3.10. The molecule has 2 aliphatic rings. The Labute approximate surface area is 235 Å². The molecule has 206 valence electrons. The van der Waals surface area contributed by atoms with Gasteiger partial charge in [-0.2, -0.15) is 11.3 Å². The minimum atomic E-state index is -0.226. The Morgan fingerprint density at radius 2 is 1.79 bits per heavy atom. The zero-order chi connectivity index (χ0) is 27.6. The summed E-state index contributed by atoms with van der Waals surface area (Å²) in [4.78, 5) is 26.8. The van der Waals surface area contributed by atoms with Gasteiger partial charge < -0.3 is 16.0 Å². The first-order valence-electron chi connectivity index (χ1n) is 14.1. The number of amides is 2. The quantitative estimate of drug-likeness (QED) is 0.350. The topological polar surface area (TPSA) is 101 Å². The van der Waals surface area contributed by atoms with Crippen LogP contribution in [0.2, 0.25) is 0 Å². The van der Waals surface area contributed by atoms with Crippen molar-refractivity contribution >= 4 is 29.0 Å². The highest BCUT2D eigenvalue weighted by Gasteiger charge is 2.39. The van der Waals surface area contributed by atoms with Gasteiger partial charge in [-0.3, -0.25) is 9.59 Å². The third-order valence-electron chi connectivity index (χ3n) is 8.59. The lowest BCUT2D eigenvalue weighted by Gasteiger charge is -2.44. The fraction of sp³-hybridized carbons (Fsp3) is 0.484. The Morgan fingerprint density at radius 1 is 1.08 bits per heavy atom. The SMILES string of the molecule is CCC(=O)N(C)C1CCC(CC(=O)Nc2cc(-c3ccsc3)c(-c3ccc(C4(N)CC(C)C4)cc3)nn2)CC1. The van der Waals surface area contributed by atoms with E-state index in [-0.39, 0.29) is 23.4 Å². The lowest BCUT2D eigenvalue weighted by Crippen LogP contribution is -2.47. The molecule has 1 aromatic carbocycles. The molecular weight excluding hydrogens is 506 g/mol. The van der Waals surface area contributed by atoms with Gasteiger partial charge in [0.25, 0.3) is 0 Å². The Balaban J connectivity index is 1.26. The molecule has 2 aliphatic carbocycles. The van der Waals surface area contributed by atoms with Crippen LogP contribution >= 0.6 is 11.3 Å². The number of anilines is 1. The van der Waals surface area contributed by atoms with Gasteiger partial charge in [-0.15, -0.1) is 10.2 Å². The number of hydrogen-bond acceptors (Lipinski definition) is 6. The number of hydrogen-bond donors (Lipinski definition) is 2. The van der Waals surface area contributed by atoms with Crippen molar-refractivity contribution in [3.8, 4) is 22.4 Å². The zero-order valence-corrected chi connectivity index (χ0v) is 24.0. The zero-order valence-electron chi connectivity index (χ0n) is 23.2. The average Bonchev–Trinajstić information content (AvgIpc) is 3.47. The Morgan fingerprint density at radius 3 is 2.41 bits per heavy atom. The highest BCUT2D eigenvalue weighted by atomic mass is 32.1. The monoisotopic (exact) mass is 545 g/mol. The van der Waals surface area contributed by atoms with Crippen LogP contribution in [0.15, 0.2) is 47.2 Å². The fourth-order valence-corrected chi connectivity index (χ4v) is 6.98. The van der Waals surface area contributed by atoms with Crippen molar-refractivity contribution in [2.75, 3.05) is 12.4 Å². The minimum absolute atomic E-state index is 0.0397. The van der Waals surface area contributed by atoms with E-state index in [2.05, 4.69) is 58.1 Å². The van der Waals surface area contributed by atoms with Crippen LogP contribution < -0.4 is 11.1 Å². The Bertz CT molecular complexity index is 1290. The van der Waals surface area contributed by atoms with E-state index in [9.17, 15) is 9.59 Å². The maximum Gasteiger partial charge on any atom is 0.225 e. The van der Waals surface area contributed by atoms with Crippen LogP contribution in [-0.2, 0) is 15.1 Å². The van der Waals surface area contributed by atoms with E-state index in [1.807, 2.05) is 30.3 Å². The molecule has 5 rings (SSSR count). The van der Waals surface area contributed by atoms with E-state index >= 15 is 0 Å². The molecule has 0 radical (unpaired) electrons. The normalized spacial score (nSPS) is 24.6. The van der Waals surface area contributed by atoms with Crippen molar-refractivity contribution in [3.05, 3.63) is 52.7 Å². The summed E-state index contributed by atoms with van der Waals surface area (Å²) < 4.78 is 0. The summed E-state index contributed by atoms with van der Waals surface area (Å²) >= 11 is 1.63. The summed E-state index contributed by atoms with van der Waals surface area (Å²) in [6, 6.07) is 12.6. The van der Waals surface area contributed by atoms with Gasteiger partial charge in [-0.25, -0.2) is 0 Å². The summed E-state index contributed by atoms with van der Waals surface area (Å²) in [7, 11) is 1.90. The largest absolute Gasteiger partial charge is 0.343 e. The van der Waals surface area contributed by atoms with Crippen LogP contribution in [0.1, 0.15) is 70.8 Å². The first kappa shape index (κ1) is 27.5. The summed E-state index contributed by atoms with van der Waals surface area (Å²) in [5.41, 5.74) is 11.3. The minimum Gasteiger partial charge on any atom is -0.343 e. The number of rotatable bonds is 8. The number of thiophene rings is 1. The summed E-state index contributed by atoms with van der Waals surface area (Å²) in [5.74, 6) is 1.60. The standard InChI is InChI=1S/C31H39N5O2S/c1-4-29(38)36(3)25-11-5-21(6-12-25)15-28(37)33-27-16-26(23-13-14-39-19-23)30(35-34-27)22-7-9-24(10-8-22)31(32)17-20(2)18-31/h7-10,13-14,16,19-21,25H,4-6,11-12,15,17-18,32H2,1-3H3,(H,33,34,37). The highest BCUT2D eigenvalue weighted by Crippen LogP contribution is 2.43. The maximum atomic E-state index is 12.9. The van der Waals surface area contributed by atoms with Gasteiger partial charge >= 0.3 is 0 Å². The van der Waals surface area contributed by atoms with E-state index in [0.29, 0.717) is 30.5 Å². The molecule has 2 saturated carbocycles. The first-order chi connectivity index (χ1) is 18.8. The number of carbonyl (C=O) groups is 2. The van der Waals surface area contributed by atoms with Gasteiger partial charge in [-0.05, 0) is 84.4 Å². The van der Waals surface area contributed by atoms with Gasteiger partial charge in [0.1, 0.15) is 5.69 Å². The van der Waals surface area contributed by atoms with E-state index in [4.69, 9.17) is 5.73 Å². The molecule has 7 nitrogen and oxygen atoms in total. The number of aromatic nitrogens is 2. The molecule has 0 spiro atoms. The van der Waals surface area contributed by atoms with E-state index < -0.39 is 0 Å². The van der Waals surface area contributed by atoms with E-state index in [1.165, 1.54) is 0 Å². The lowest BCUT2D eigenvalue weighted by molar-refractivity contribution is -0.132. The summed E-state index contributed by atoms with van der Waals surface area (Å²) in [5, 5.41) is 16.1. The van der Waals surface area contributed by atoms with Gasteiger partial charge in [0.15, 0.2) is 5.82 Å². The molecule has 2 heterocycles. The molecule has 2 fully saturated rings. The summed E-state index contributed by atoms with van der Waals surface area (Å²) in [6.45, 7) is 4.14. The van der Waals surface area contributed by atoms with Gasteiger partial charge in [0.05, 0.1) is 0 Å². The van der Waals surface area contributed by atoms with Crippen molar-refractivity contribution < 1.29 is 9.59 Å². The third kappa shape index (κ3) is 6.07. The molecule has 2 amide bonds. The van der Waals surface area contributed by atoms with Crippen LogP contribution in [0.25, 0.3) is 22.4 Å². The van der Waals surface area contributed by atoms with Crippen molar-refractivity contribution in [3.63, 3.8) is 0 Å². The maximum absolute atomic E-state index is 12.9. The smallest absolute Gasteiger partial charge is 0.225 e. The number of carbonyl (C=O) groups excluding carboxylic acids is 2. The number of nitrogens with zero attached hydrogens (tertiary/aromatic N) is 3. The van der Waals surface area contributed by atoms with Crippen molar-refractivity contribution in [1.82, 2.24) is 15.1 Å². The first-order valence-corrected chi connectivity index (χ1v) is 15.1. The van der Waals surface area contributed by atoms with Crippen LogP contribution in [0, 0.1) is 11.8 Å². The van der Waals surface area contributed by atoms with Crippen molar-refractivity contribution in [1.29, 1.82) is 0 Å². The molecule has 0 unspecified atom stereocenters. The van der Waals surface area contributed by atoms with E-state index in [1.54, 1.807) is 11.3 Å². The second kappa shape index (κ2) is 11.6. The highest BCUT2D eigenvalue weighted by molar-refractivity contribution is 7.08. The number of benzene rings is 1. The van der Waals surface area contributed by atoms with Gasteiger partial charge in [0.2, 0.25) is 11.8 Å². The summed E-state index contributed by atoms with van der Waals surface area (Å²) in [6.07, 6.45) is 6.79. The molecular formula is C31H39N5O2S. The molecule has 0 atom stereocenters. The molecule has 0 aliphatic heterocycles. The number of nitrogens with one attached hydrogen (secondary N) is 1. The lowest BCUT2D eigenvalue weighted by atomic mass is 9.66. The molecule has 3 N–H and O–H groups in total. The van der Waals surface area contributed by atoms with Crippen molar-refractivity contribution in [2.24, 2.45) is 17.6 Å². The van der Waals surface area contributed by atoms with Gasteiger partial charge in [0, 0.05) is 42.6 Å². The third-order valence-corrected chi connectivity index (χ3v) is 9.27. The van der Waals surface area contributed by atoms with Crippen LogP contribution in [-0.4, -0.2) is 40.0 Å².